The highest BCUT2D eigenvalue weighted by Crippen LogP contribution is 2.37. The van der Waals surface area contributed by atoms with Crippen molar-refractivity contribution < 1.29 is 8.42 Å². The Morgan fingerprint density at radius 1 is 1.32 bits per heavy atom. The largest absolute Gasteiger partial charge is 0.224 e. The number of rotatable bonds is 3. The molecule has 1 unspecified atom stereocenters. The predicted molar refractivity (Wildman–Crippen MR) is 84.0 cm³/mol. The monoisotopic (exact) mass is 378 g/mol. The Morgan fingerprint density at radius 2 is 2.00 bits per heavy atom. The van der Waals surface area contributed by atoms with E-state index in [0.717, 1.165) is 19.8 Å². The van der Waals surface area contributed by atoms with E-state index in [1.54, 1.807) is 29.5 Å². The molecule has 102 valence electrons. The summed E-state index contributed by atoms with van der Waals surface area (Å²) in [6, 6.07) is 8.76. The van der Waals surface area contributed by atoms with Gasteiger partial charge in [0.15, 0.2) is 9.84 Å². The van der Waals surface area contributed by atoms with Crippen LogP contribution in [0.1, 0.15) is 21.4 Å². The molecular formula is C13H12BrClO2S2. The molecule has 0 aliphatic heterocycles. The van der Waals surface area contributed by atoms with E-state index >= 15 is 0 Å². The Morgan fingerprint density at radius 3 is 2.53 bits per heavy atom. The summed E-state index contributed by atoms with van der Waals surface area (Å²) in [6.45, 7) is 2.00. The molecule has 1 aromatic carbocycles. The average molecular weight is 380 g/mol. The minimum Gasteiger partial charge on any atom is -0.224 e. The van der Waals surface area contributed by atoms with Crippen LogP contribution in [0.3, 0.4) is 0 Å². The van der Waals surface area contributed by atoms with Crippen molar-refractivity contribution in [3.05, 3.63) is 50.1 Å². The first-order valence-corrected chi connectivity index (χ1v) is 9.42. The molecule has 0 bridgehead atoms. The van der Waals surface area contributed by atoms with Gasteiger partial charge in [0.05, 0.1) is 14.1 Å². The number of aryl methyl sites for hydroxylation is 1. The first-order valence-electron chi connectivity index (χ1n) is 5.49. The molecule has 19 heavy (non-hydrogen) atoms. The van der Waals surface area contributed by atoms with Crippen LogP contribution in [0, 0.1) is 6.92 Å². The Hall–Kier alpha value is -0.360. The third kappa shape index (κ3) is 3.40. The van der Waals surface area contributed by atoms with Crippen molar-refractivity contribution in [2.45, 2.75) is 17.2 Å². The summed E-state index contributed by atoms with van der Waals surface area (Å²) in [4.78, 5) is 1.42. The minimum absolute atomic E-state index is 0.294. The van der Waals surface area contributed by atoms with E-state index in [2.05, 4.69) is 15.9 Å². The number of benzene rings is 1. The van der Waals surface area contributed by atoms with Crippen LogP contribution in [0.4, 0.5) is 0 Å². The van der Waals surface area contributed by atoms with Gasteiger partial charge in [0.1, 0.15) is 0 Å². The summed E-state index contributed by atoms with van der Waals surface area (Å²) in [7, 11) is -3.21. The highest BCUT2D eigenvalue weighted by atomic mass is 79.9. The van der Waals surface area contributed by atoms with Gasteiger partial charge < -0.3 is 0 Å². The zero-order valence-corrected chi connectivity index (χ0v) is 14.3. The Kier molecular flexibility index (Phi) is 4.40. The number of hydrogen-bond acceptors (Lipinski definition) is 3. The van der Waals surface area contributed by atoms with E-state index in [4.69, 9.17) is 11.6 Å². The molecule has 0 saturated carbocycles. The van der Waals surface area contributed by atoms with E-state index in [1.165, 1.54) is 6.26 Å². The van der Waals surface area contributed by atoms with E-state index in [1.807, 2.05) is 19.1 Å². The van der Waals surface area contributed by atoms with Crippen LogP contribution >= 0.6 is 38.9 Å². The number of halogens is 2. The van der Waals surface area contributed by atoms with Gasteiger partial charge >= 0.3 is 0 Å². The van der Waals surface area contributed by atoms with Crippen molar-refractivity contribution in [1.29, 1.82) is 0 Å². The van der Waals surface area contributed by atoms with Gasteiger partial charge in [-0.25, -0.2) is 8.42 Å². The SMILES string of the molecule is Cc1sc(Br)cc1C(Cl)c1cccc(S(C)(=O)=O)c1. The lowest BCUT2D eigenvalue weighted by atomic mass is 10.1. The molecule has 1 heterocycles. The third-order valence-corrected chi connectivity index (χ3v) is 5.94. The first-order chi connectivity index (χ1) is 8.79. The zero-order chi connectivity index (χ0) is 14.2. The molecule has 0 aliphatic rings. The molecule has 2 aromatic rings. The predicted octanol–water partition coefficient (Wildman–Crippen LogP) is 4.55. The summed E-state index contributed by atoms with van der Waals surface area (Å²) < 4.78 is 24.2. The van der Waals surface area contributed by atoms with Crippen LogP contribution in [0.5, 0.6) is 0 Å². The second-order valence-electron chi connectivity index (χ2n) is 4.27. The van der Waals surface area contributed by atoms with E-state index in [-0.39, 0.29) is 5.38 Å². The lowest BCUT2D eigenvalue weighted by Gasteiger charge is -2.11. The van der Waals surface area contributed by atoms with Gasteiger partial charge in [-0.15, -0.1) is 22.9 Å². The molecule has 6 heteroatoms. The molecule has 1 aromatic heterocycles. The first kappa shape index (κ1) is 15.0. The Labute approximate surface area is 130 Å². The lowest BCUT2D eigenvalue weighted by molar-refractivity contribution is 0.601. The van der Waals surface area contributed by atoms with Crippen molar-refractivity contribution in [3.63, 3.8) is 0 Å². The second kappa shape index (κ2) is 5.56. The van der Waals surface area contributed by atoms with Gasteiger partial charge in [-0.05, 0) is 52.2 Å². The van der Waals surface area contributed by atoms with Crippen LogP contribution in [-0.4, -0.2) is 14.7 Å². The minimum atomic E-state index is -3.21. The number of sulfone groups is 1. The molecule has 1 atom stereocenters. The summed E-state index contributed by atoms with van der Waals surface area (Å²) in [6.07, 6.45) is 1.20. The maximum Gasteiger partial charge on any atom is 0.175 e. The molecule has 0 amide bonds. The molecule has 0 aliphatic carbocycles. The Bertz CT molecular complexity index is 707. The summed E-state index contributed by atoms with van der Waals surface area (Å²) >= 11 is 11.5. The van der Waals surface area contributed by atoms with Crippen LogP contribution in [0.15, 0.2) is 39.0 Å². The van der Waals surface area contributed by atoms with Gasteiger partial charge in [0.25, 0.3) is 0 Å². The van der Waals surface area contributed by atoms with Crippen molar-refractivity contribution in [2.24, 2.45) is 0 Å². The van der Waals surface area contributed by atoms with Gasteiger partial charge in [-0.1, -0.05) is 12.1 Å². The van der Waals surface area contributed by atoms with Gasteiger partial charge in [-0.3, -0.25) is 0 Å². The fourth-order valence-corrected chi connectivity index (χ4v) is 4.64. The van der Waals surface area contributed by atoms with E-state index in [0.29, 0.717) is 4.90 Å². The summed E-state index contributed by atoms with van der Waals surface area (Å²) in [5, 5.41) is -0.343. The topological polar surface area (TPSA) is 34.1 Å². The normalized spacial score (nSPS) is 13.5. The molecule has 2 rings (SSSR count). The smallest absolute Gasteiger partial charge is 0.175 e. The van der Waals surface area contributed by atoms with Crippen molar-refractivity contribution in [2.75, 3.05) is 6.26 Å². The standard InChI is InChI=1S/C13H12BrClO2S2/c1-8-11(7-12(14)18-8)13(15)9-4-3-5-10(6-9)19(2,16)17/h3-7,13H,1-2H3. The zero-order valence-electron chi connectivity index (χ0n) is 10.4. The third-order valence-electron chi connectivity index (χ3n) is 2.78. The van der Waals surface area contributed by atoms with Crippen LogP contribution in [-0.2, 0) is 9.84 Å². The van der Waals surface area contributed by atoms with Crippen molar-refractivity contribution in [3.8, 4) is 0 Å². The molecule has 0 radical (unpaired) electrons. The summed E-state index contributed by atoms with van der Waals surface area (Å²) in [5.74, 6) is 0. The highest BCUT2D eigenvalue weighted by Gasteiger charge is 2.17. The molecule has 0 saturated heterocycles. The fraction of sp³-hybridized carbons (Fsp3) is 0.231. The maximum atomic E-state index is 11.6. The second-order valence-corrected chi connectivity index (χ2v) is 9.36. The molecule has 0 fully saturated rings. The van der Waals surface area contributed by atoms with E-state index < -0.39 is 9.84 Å². The Balaban J connectivity index is 2.45. The molecule has 0 N–H and O–H groups in total. The van der Waals surface area contributed by atoms with Crippen LogP contribution < -0.4 is 0 Å². The highest BCUT2D eigenvalue weighted by molar-refractivity contribution is 9.11. The van der Waals surface area contributed by atoms with Crippen LogP contribution in [0.25, 0.3) is 0 Å². The quantitative estimate of drug-likeness (QED) is 0.733. The molecule has 0 spiro atoms. The van der Waals surface area contributed by atoms with Gasteiger partial charge in [0, 0.05) is 11.1 Å². The summed E-state index contributed by atoms with van der Waals surface area (Å²) in [5.41, 5.74) is 1.79. The maximum absolute atomic E-state index is 11.6. The number of alkyl halides is 1. The average Bonchev–Trinajstić information content (AvgIpc) is 2.66. The fourth-order valence-electron chi connectivity index (χ4n) is 1.79. The van der Waals surface area contributed by atoms with Gasteiger partial charge in [0.2, 0.25) is 0 Å². The molecular weight excluding hydrogens is 368 g/mol. The lowest BCUT2D eigenvalue weighted by Crippen LogP contribution is -2.00. The number of hydrogen-bond donors (Lipinski definition) is 0. The van der Waals surface area contributed by atoms with Crippen molar-refractivity contribution in [1.82, 2.24) is 0 Å². The van der Waals surface area contributed by atoms with Gasteiger partial charge in [-0.2, -0.15) is 0 Å². The number of thiophene rings is 1. The van der Waals surface area contributed by atoms with E-state index in [9.17, 15) is 8.42 Å². The van der Waals surface area contributed by atoms with Crippen molar-refractivity contribution >= 4 is 48.7 Å². The molecule has 2 nitrogen and oxygen atoms in total. The van der Waals surface area contributed by atoms with Crippen LogP contribution in [0.2, 0.25) is 0 Å².